The Morgan fingerprint density at radius 2 is 0.515 bits per heavy atom. The van der Waals surface area contributed by atoms with E-state index in [0.29, 0.717) is 19.3 Å². The summed E-state index contributed by atoms with van der Waals surface area (Å²) in [5, 5.41) is 0. The molecule has 0 aromatic carbocycles. The van der Waals surface area contributed by atoms with Crippen LogP contribution in [0, 0.1) is 17.8 Å². The van der Waals surface area contributed by atoms with E-state index in [1.165, 1.54) is 225 Å². The summed E-state index contributed by atoms with van der Waals surface area (Å²) in [6, 6.07) is 0. The van der Waals surface area contributed by atoms with Gasteiger partial charge in [0.2, 0.25) is 0 Å². The van der Waals surface area contributed by atoms with Gasteiger partial charge in [-0.05, 0) is 37.0 Å². The average Bonchev–Trinajstić information content (AvgIpc) is 3.31. The highest BCUT2D eigenvalue weighted by Gasteiger charge is 2.19. The largest absolute Gasteiger partial charge is 0.462 e. The lowest BCUT2D eigenvalue weighted by Crippen LogP contribution is -2.30. The standard InChI is InChI=1S/C62H120O6/c1-7-58(6)50-44-38-32-26-22-18-14-10-8-9-11-15-19-23-27-33-39-45-51-60(63)66-54-59(55-67-61(64)52-46-40-35-29-31-37-43-49-57(4)5)68-62(65)53-47-41-34-28-24-20-16-12-13-17-21-25-30-36-42-48-56(2)3/h56-59H,7-55H2,1-6H3/t58?,59-/m1/s1. The van der Waals surface area contributed by atoms with Gasteiger partial charge in [-0.1, -0.05) is 305 Å². The second-order valence-corrected chi connectivity index (χ2v) is 22.5. The molecule has 0 radical (unpaired) electrons. The van der Waals surface area contributed by atoms with Crippen molar-refractivity contribution in [2.45, 2.75) is 349 Å². The topological polar surface area (TPSA) is 78.9 Å². The summed E-state index contributed by atoms with van der Waals surface area (Å²) in [7, 11) is 0. The Morgan fingerprint density at radius 1 is 0.294 bits per heavy atom. The van der Waals surface area contributed by atoms with Crippen molar-refractivity contribution in [3.05, 3.63) is 0 Å². The monoisotopic (exact) mass is 961 g/mol. The van der Waals surface area contributed by atoms with Crippen LogP contribution in [0.15, 0.2) is 0 Å². The van der Waals surface area contributed by atoms with Crippen LogP contribution in [-0.4, -0.2) is 37.2 Å². The smallest absolute Gasteiger partial charge is 0.306 e. The van der Waals surface area contributed by atoms with E-state index in [1.54, 1.807) is 0 Å². The Balaban J connectivity index is 4.20. The van der Waals surface area contributed by atoms with Crippen LogP contribution in [0.3, 0.4) is 0 Å². The third-order valence-electron chi connectivity index (χ3n) is 14.5. The number of unbranched alkanes of at least 4 members (excludes halogenated alkanes) is 37. The van der Waals surface area contributed by atoms with Crippen LogP contribution in [0.4, 0.5) is 0 Å². The van der Waals surface area contributed by atoms with Gasteiger partial charge in [-0.3, -0.25) is 14.4 Å². The van der Waals surface area contributed by atoms with Crippen molar-refractivity contribution in [2.75, 3.05) is 13.2 Å². The molecule has 0 bridgehead atoms. The molecule has 1 unspecified atom stereocenters. The maximum Gasteiger partial charge on any atom is 0.306 e. The van der Waals surface area contributed by atoms with Gasteiger partial charge in [0.25, 0.3) is 0 Å². The second kappa shape index (κ2) is 53.2. The van der Waals surface area contributed by atoms with Crippen LogP contribution in [-0.2, 0) is 28.6 Å². The highest BCUT2D eigenvalue weighted by atomic mass is 16.6. The van der Waals surface area contributed by atoms with Gasteiger partial charge in [-0.15, -0.1) is 0 Å². The summed E-state index contributed by atoms with van der Waals surface area (Å²) in [6.07, 6.45) is 56.8. The van der Waals surface area contributed by atoms with Crippen molar-refractivity contribution in [3.63, 3.8) is 0 Å². The third kappa shape index (κ3) is 53.8. The zero-order chi connectivity index (χ0) is 49.8. The zero-order valence-electron chi connectivity index (χ0n) is 46.9. The molecule has 0 spiro atoms. The Bertz CT molecular complexity index is 1060. The lowest BCUT2D eigenvalue weighted by molar-refractivity contribution is -0.167. The Labute approximate surface area is 425 Å². The fraction of sp³-hybridized carbons (Fsp3) is 0.952. The number of carbonyl (C=O) groups is 3. The summed E-state index contributed by atoms with van der Waals surface area (Å²) in [5.74, 6) is 1.70. The maximum atomic E-state index is 12.9. The van der Waals surface area contributed by atoms with Crippen molar-refractivity contribution < 1.29 is 28.6 Å². The van der Waals surface area contributed by atoms with Gasteiger partial charge < -0.3 is 14.2 Å². The molecule has 2 atom stereocenters. The molecular weight excluding hydrogens is 841 g/mol. The van der Waals surface area contributed by atoms with Crippen LogP contribution in [0.1, 0.15) is 343 Å². The first-order valence-corrected chi connectivity index (χ1v) is 30.6. The molecule has 0 amide bonds. The molecule has 6 nitrogen and oxygen atoms in total. The molecule has 0 aliphatic carbocycles. The summed E-state index contributed by atoms with van der Waals surface area (Å²) in [4.78, 5) is 38.1. The predicted molar refractivity (Wildman–Crippen MR) is 293 cm³/mol. The minimum absolute atomic E-state index is 0.0636. The van der Waals surface area contributed by atoms with E-state index in [1.807, 2.05) is 0 Å². The first-order valence-electron chi connectivity index (χ1n) is 30.6. The van der Waals surface area contributed by atoms with Crippen molar-refractivity contribution >= 4 is 17.9 Å². The van der Waals surface area contributed by atoms with E-state index in [0.717, 1.165) is 75.5 Å². The van der Waals surface area contributed by atoms with E-state index in [2.05, 4.69) is 41.5 Å². The lowest BCUT2D eigenvalue weighted by atomic mass is 9.99. The third-order valence-corrected chi connectivity index (χ3v) is 14.5. The van der Waals surface area contributed by atoms with E-state index in [9.17, 15) is 14.4 Å². The van der Waals surface area contributed by atoms with Gasteiger partial charge in [0.05, 0.1) is 0 Å². The van der Waals surface area contributed by atoms with E-state index in [4.69, 9.17) is 14.2 Å². The second-order valence-electron chi connectivity index (χ2n) is 22.5. The van der Waals surface area contributed by atoms with Crippen molar-refractivity contribution in [3.8, 4) is 0 Å². The normalized spacial score (nSPS) is 12.5. The number of rotatable bonds is 55. The minimum atomic E-state index is -0.764. The fourth-order valence-electron chi connectivity index (χ4n) is 9.50. The molecule has 404 valence electrons. The molecule has 0 aliphatic rings. The van der Waals surface area contributed by atoms with Crippen LogP contribution in [0.2, 0.25) is 0 Å². The zero-order valence-corrected chi connectivity index (χ0v) is 46.9. The molecule has 0 saturated heterocycles. The molecule has 6 heteroatoms. The number of esters is 3. The fourth-order valence-corrected chi connectivity index (χ4v) is 9.50. The molecule has 0 aromatic heterocycles. The molecular formula is C62H120O6. The first kappa shape index (κ1) is 66.4. The summed E-state index contributed by atoms with van der Waals surface area (Å²) < 4.78 is 16.9. The average molecular weight is 962 g/mol. The van der Waals surface area contributed by atoms with Crippen molar-refractivity contribution in [1.29, 1.82) is 0 Å². The van der Waals surface area contributed by atoms with Crippen LogP contribution < -0.4 is 0 Å². The van der Waals surface area contributed by atoms with Gasteiger partial charge in [0.1, 0.15) is 13.2 Å². The Hall–Kier alpha value is -1.59. The number of ether oxygens (including phenoxy) is 3. The van der Waals surface area contributed by atoms with Crippen LogP contribution in [0.25, 0.3) is 0 Å². The Morgan fingerprint density at radius 3 is 0.765 bits per heavy atom. The van der Waals surface area contributed by atoms with E-state index >= 15 is 0 Å². The number of carbonyl (C=O) groups excluding carboxylic acids is 3. The quantitative estimate of drug-likeness (QED) is 0.0343. The first-order chi connectivity index (χ1) is 33.1. The highest BCUT2D eigenvalue weighted by Crippen LogP contribution is 2.19. The summed E-state index contributed by atoms with van der Waals surface area (Å²) in [5.41, 5.74) is 0. The predicted octanol–water partition coefficient (Wildman–Crippen LogP) is 20.3. The van der Waals surface area contributed by atoms with Crippen LogP contribution >= 0.6 is 0 Å². The number of hydrogen-bond donors (Lipinski definition) is 0. The molecule has 0 saturated carbocycles. The molecule has 0 rings (SSSR count). The summed E-state index contributed by atoms with van der Waals surface area (Å²) >= 11 is 0. The molecule has 0 heterocycles. The Kier molecular flexibility index (Phi) is 52.0. The number of hydrogen-bond acceptors (Lipinski definition) is 6. The molecule has 68 heavy (non-hydrogen) atoms. The van der Waals surface area contributed by atoms with E-state index < -0.39 is 6.10 Å². The van der Waals surface area contributed by atoms with E-state index in [-0.39, 0.29) is 31.1 Å². The molecule has 0 aliphatic heterocycles. The van der Waals surface area contributed by atoms with Gasteiger partial charge in [-0.25, -0.2) is 0 Å². The van der Waals surface area contributed by atoms with Crippen molar-refractivity contribution in [1.82, 2.24) is 0 Å². The van der Waals surface area contributed by atoms with Crippen molar-refractivity contribution in [2.24, 2.45) is 17.8 Å². The van der Waals surface area contributed by atoms with Gasteiger partial charge in [0, 0.05) is 19.3 Å². The van der Waals surface area contributed by atoms with Gasteiger partial charge in [0.15, 0.2) is 6.10 Å². The summed E-state index contributed by atoms with van der Waals surface area (Å²) in [6.45, 7) is 13.8. The molecule has 0 fully saturated rings. The van der Waals surface area contributed by atoms with Crippen LogP contribution in [0.5, 0.6) is 0 Å². The minimum Gasteiger partial charge on any atom is -0.462 e. The SMILES string of the molecule is CCC(C)CCCCCCCCCCCCCCCCCCCCC(=O)OC[C@H](COC(=O)CCCCCCCCCC(C)C)OC(=O)CCCCCCCCCCCCCCCCCC(C)C. The lowest BCUT2D eigenvalue weighted by Gasteiger charge is -2.18. The van der Waals surface area contributed by atoms with Gasteiger partial charge >= 0.3 is 17.9 Å². The van der Waals surface area contributed by atoms with Gasteiger partial charge in [-0.2, -0.15) is 0 Å². The highest BCUT2D eigenvalue weighted by molar-refractivity contribution is 5.71. The molecule has 0 N–H and O–H groups in total. The maximum absolute atomic E-state index is 12.9. The molecule has 0 aromatic rings.